The van der Waals surface area contributed by atoms with E-state index in [0.717, 1.165) is 45.1 Å². The molecule has 0 bridgehead atoms. The van der Waals surface area contributed by atoms with Crippen molar-refractivity contribution in [2.24, 2.45) is 5.92 Å². The summed E-state index contributed by atoms with van der Waals surface area (Å²) in [7, 11) is 0. The van der Waals surface area contributed by atoms with Gasteiger partial charge in [0, 0.05) is 23.7 Å². The molecule has 0 amide bonds. The van der Waals surface area contributed by atoms with E-state index in [1.165, 1.54) is 30.7 Å². The molecular weight excluding hydrogens is 472 g/mol. The van der Waals surface area contributed by atoms with E-state index in [-0.39, 0.29) is 41.1 Å². The zero-order valence-electron chi connectivity index (χ0n) is 21.1. The van der Waals surface area contributed by atoms with Crippen LogP contribution in [0, 0.1) is 29.2 Å². The minimum absolute atomic E-state index is 0.114. The first-order valence-electron chi connectivity index (χ1n) is 13.2. The fraction of sp³-hybridized carbons (Fsp3) is 0.586. The molecule has 0 saturated carbocycles. The Labute approximate surface area is 211 Å². The van der Waals surface area contributed by atoms with Crippen LogP contribution in [-0.4, -0.2) is 32.0 Å². The number of hydrogen-bond donors (Lipinski definition) is 0. The number of ether oxygens (including phenoxy) is 3. The summed E-state index contributed by atoms with van der Waals surface area (Å²) >= 11 is 0. The fourth-order valence-corrected chi connectivity index (χ4v) is 5.43. The van der Waals surface area contributed by atoms with Crippen LogP contribution in [0.1, 0.15) is 76.7 Å². The fourth-order valence-electron chi connectivity index (χ4n) is 5.43. The van der Waals surface area contributed by atoms with Gasteiger partial charge in [-0.25, -0.2) is 13.2 Å². The van der Waals surface area contributed by atoms with Gasteiger partial charge < -0.3 is 14.2 Å². The van der Waals surface area contributed by atoms with E-state index in [0.29, 0.717) is 25.0 Å². The van der Waals surface area contributed by atoms with E-state index in [1.54, 1.807) is 6.92 Å². The molecular formula is C29H36F4O3. The Bertz CT molecular complexity index is 1010. The first-order valence-corrected chi connectivity index (χ1v) is 13.2. The lowest BCUT2D eigenvalue weighted by Crippen LogP contribution is -2.29. The molecule has 36 heavy (non-hydrogen) atoms. The predicted molar refractivity (Wildman–Crippen MR) is 131 cm³/mol. The van der Waals surface area contributed by atoms with Crippen LogP contribution in [0.5, 0.6) is 5.75 Å². The van der Waals surface area contributed by atoms with Gasteiger partial charge in [-0.15, -0.1) is 0 Å². The summed E-state index contributed by atoms with van der Waals surface area (Å²) in [5, 5.41) is 0. The van der Waals surface area contributed by atoms with Crippen LogP contribution in [0.3, 0.4) is 0 Å². The number of rotatable bonds is 9. The highest BCUT2D eigenvalue weighted by molar-refractivity contribution is 5.66. The molecule has 4 rings (SSSR count). The second kappa shape index (κ2) is 12.4. The maximum absolute atomic E-state index is 15.1. The average Bonchev–Trinajstić information content (AvgIpc) is 2.89. The standard InChI is InChI=1S/C29H36F4O3/c1-3-5-20-9-6-18(16-35-20)7-10-21-11-8-19(17-36-21)22-12-13-23(27(31)26(22)30)24-14-15-25(34-4-2)29(33)28(24)32/h12-15,18-21H,3-11,16-17H2,1-2H3. The van der Waals surface area contributed by atoms with Crippen molar-refractivity contribution in [3.05, 3.63) is 53.1 Å². The van der Waals surface area contributed by atoms with Gasteiger partial charge in [0.1, 0.15) is 0 Å². The Kier molecular flexibility index (Phi) is 9.29. The lowest BCUT2D eigenvalue weighted by molar-refractivity contribution is -0.0355. The molecule has 0 aliphatic carbocycles. The molecule has 0 aromatic heterocycles. The Morgan fingerprint density at radius 1 is 0.722 bits per heavy atom. The van der Waals surface area contributed by atoms with Gasteiger partial charge in [-0.2, -0.15) is 4.39 Å². The highest BCUT2D eigenvalue weighted by atomic mass is 19.2. The van der Waals surface area contributed by atoms with Crippen LogP contribution in [0.4, 0.5) is 17.6 Å². The molecule has 2 aliphatic rings. The van der Waals surface area contributed by atoms with Crippen LogP contribution >= 0.6 is 0 Å². The van der Waals surface area contributed by atoms with Crippen LogP contribution in [0.15, 0.2) is 24.3 Å². The topological polar surface area (TPSA) is 27.7 Å². The van der Waals surface area contributed by atoms with Crippen molar-refractivity contribution >= 4 is 0 Å². The molecule has 2 aliphatic heterocycles. The van der Waals surface area contributed by atoms with Gasteiger partial charge >= 0.3 is 0 Å². The maximum atomic E-state index is 15.1. The minimum atomic E-state index is -1.26. The van der Waals surface area contributed by atoms with Crippen molar-refractivity contribution in [3.63, 3.8) is 0 Å². The Morgan fingerprint density at radius 2 is 1.39 bits per heavy atom. The lowest BCUT2D eigenvalue weighted by atomic mass is 9.86. The second-order valence-corrected chi connectivity index (χ2v) is 10.00. The SMILES string of the molecule is CCCC1CCC(CCC2CCC(c3ccc(-c4ccc(OCC)c(F)c4F)c(F)c3F)CO2)CO1. The normalized spacial score (nSPS) is 24.6. The van der Waals surface area contributed by atoms with Gasteiger partial charge in [0.25, 0.3) is 0 Å². The predicted octanol–water partition coefficient (Wildman–Crippen LogP) is 7.95. The number of halogens is 4. The van der Waals surface area contributed by atoms with E-state index >= 15 is 4.39 Å². The van der Waals surface area contributed by atoms with Gasteiger partial charge in [-0.3, -0.25) is 0 Å². The summed E-state index contributed by atoms with van der Waals surface area (Å²) in [6.45, 7) is 5.11. The molecule has 7 heteroatoms. The largest absolute Gasteiger partial charge is 0.491 e. The van der Waals surface area contributed by atoms with E-state index in [1.807, 2.05) is 0 Å². The van der Waals surface area contributed by atoms with Crippen molar-refractivity contribution in [3.8, 4) is 16.9 Å². The molecule has 0 N–H and O–H groups in total. The smallest absolute Gasteiger partial charge is 0.201 e. The average molecular weight is 509 g/mol. The molecule has 2 saturated heterocycles. The lowest BCUT2D eigenvalue weighted by Gasteiger charge is -2.32. The molecule has 2 fully saturated rings. The van der Waals surface area contributed by atoms with Gasteiger partial charge in [0.05, 0.1) is 25.4 Å². The maximum Gasteiger partial charge on any atom is 0.201 e. The number of benzene rings is 2. The quantitative estimate of drug-likeness (QED) is 0.322. The van der Waals surface area contributed by atoms with Crippen LogP contribution < -0.4 is 4.74 Å². The van der Waals surface area contributed by atoms with Gasteiger partial charge in [0.15, 0.2) is 23.2 Å². The highest BCUT2D eigenvalue weighted by Gasteiger charge is 2.29. The molecule has 2 aromatic rings. The molecule has 3 nitrogen and oxygen atoms in total. The summed E-state index contributed by atoms with van der Waals surface area (Å²) in [6, 6.07) is 5.20. The Morgan fingerprint density at radius 3 is 2.03 bits per heavy atom. The van der Waals surface area contributed by atoms with Crippen molar-refractivity contribution in [2.75, 3.05) is 19.8 Å². The van der Waals surface area contributed by atoms with E-state index < -0.39 is 23.3 Å². The highest BCUT2D eigenvalue weighted by Crippen LogP contribution is 2.37. The van der Waals surface area contributed by atoms with Gasteiger partial charge in [-0.05, 0) is 75.5 Å². The monoisotopic (exact) mass is 508 g/mol. The Hall–Kier alpha value is -2.12. The van der Waals surface area contributed by atoms with Gasteiger partial charge in [0.2, 0.25) is 5.82 Å². The summed E-state index contributed by atoms with van der Waals surface area (Å²) < 4.78 is 75.9. The van der Waals surface area contributed by atoms with E-state index in [9.17, 15) is 13.2 Å². The summed E-state index contributed by atoms with van der Waals surface area (Å²) in [5.41, 5.74) is -0.447. The molecule has 198 valence electrons. The first kappa shape index (κ1) is 26.9. The van der Waals surface area contributed by atoms with Crippen LogP contribution in [-0.2, 0) is 9.47 Å². The Balaban J connectivity index is 1.34. The third kappa shape index (κ3) is 6.05. The van der Waals surface area contributed by atoms with E-state index in [4.69, 9.17) is 14.2 Å². The second-order valence-electron chi connectivity index (χ2n) is 10.00. The molecule has 0 radical (unpaired) electrons. The third-order valence-electron chi connectivity index (χ3n) is 7.53. The molecule has 2 heterocycles. The molecule has 4 unspecified atom stereocenters. The minimum Gasteiger partial charge on any atom is -0.491 e. The van der Waals surface area contributed by atoms with Crippen molar-refractivity contribution in [2.45, 2.75) is 83.3 Å². The molecule has 0 spiro atoms. The molecule has 4 atom stereocenters. The zero-order chi connectivity index (χ0) is 25.7. The summed E-state index contributed by atoms with van der Waals surface area (Å²) in [5.74, 6) is -4.68. The third-order valence-corrected chi connectivity index (χ3v) is 7.53. The van der Waals surface area contributed by atoms with Crippen molar-refractivity contribution in [1.29, 1.82) is 0 Å². The van der Waals surface area contributed by atoms with Crippen LogP contribution in [0.25, 0.3) is 11.1 Å². The van der Waals surface area contributed by atoms with Gasteiger partial charge in [-0.1, -0.05) is 25.5 Å². The van der Waals surface area contributed by atoms with Crippen LogP contribution in [0.2, 0.25) is 0 Å². The summed E-state index contributed by atoms with van der Waals surface area (Å²) in [4.78, 5) is 0. The first-order chi connectivity index (χ1) is 17.4. The molecule has 2 aromatic carbocycles. The summed E-state index contributed by atoms with van der Waals surface area (Å²) in [6.07, 6.45) is 8.57. The van der Waals surface area contributed by atoms with E-state index in [2.05, 4.69) is 6.92 Å². The number of hydrogen-bond acceptors (Lipinski definition) is 3. The zero-order valence-corrected chi connectivity index (χ0v) is 21.1. The van der Waals surface area contributed by atoms with Crippen molar-refractivity contribution < 1.29 is 31.8 Å². The van der Waals surface area contributed by atoms with Crippen molar-refractivity contribution in [1.82, 2.24) is 0 Å².